The van der Waals surface area contributed by atoms with Crippen LogP contribution in [0.2, 0.25) is 0 Å². The number of thioether (sulfide) groups is 1. The lowest BCUT2D eigenvalue weighted by Gasteiger charge is -2.20. The van der Waals surface area contributed by atoms with E-state index in [4.69, 9.17) is 13.9 Å². The van der Waals surface area contributed by atoms with Crippen LogP contribution in [0.1, 0.15) is 22.3 Å². The zero-order valence-corrected chi connectivity index (χ0v) is 16.1. The van der Waals surface area contributed by atoms with Crippen molar-refractivity contribution in [3.63, 3.8) is 0 Å². The van der Waals surface area contributed by atoms with Crippen molar-refractivity contribution in [1.82, 2.24) is 10.2 Å². The van der Waals surface area contributed by atoms with Crippen LogP contribution in [-0.2, 0) is 17.1 Å². The van der Waals surface area contributed by atoms with Crippen molar-refractivity contribution in [3.8, 4) is 17.2 Å². The van der Waals surface area contributed by atoms with Crippen LogP contribution in [0, 0.1) is 24.0 Å². The molecule has 2 aromatic carbocycles. The third-order valence-corrected chi connectivity index (χ3v) is 5.08. The van der Waals surface area contributed by atoms with E-state index < -0.39 is 4.92 Å². The Morgan fingerprint density at radius 1 is 1.14 bits per heavy atom. The average Bonchev–Trinajstić information content (AvgIpc) is 3.14. The fourth-order valence-electron chi connectivity index (χ4n) is 3.12. The third kappa shape index (κ3) is 3.85. The molecule has 0 atom stereocenters. The first kappa shape index (κ1) is 18.5. The molecule has 4 rings (SSSR count). The highest BCUT2D eigenvalue weighted by atomic mass is 32.2. The number of hydrogen-bond acceptors (Lipinski definition) is 8. The summed E-state index contributed by atoms with van der Waals surface area (Å²) in [5.41, 5.74) is 4.46. The number of aromatic nitrogens is 2. The van der Waals surface area contributed by atoms with Crippen molar-refractivity contribution < 1.29 is 18.8 Å². The van der Waals surface area contributed by atoms with Gasteiger partial charge in [0.2, 0.25) is 5.89 Å². The molecule has 1 aliphatic rings. The summed E-state index contributed by atoms with van der Waals surface area (Å²) in [7, 11) is 0. The number of ether oxygens (including phenoxy) is 2. The Kier molecular flexibility index (Phi) is 5.01. The maximum Gasteiger partial charge on any atom is 0.277 e. The van der Waals surface area contributed by atoms with Crippen LogP contribution in [-0.4, -0.2) is 21.9 Å². The zero-order chi connectivity index (χ0) is 19.7. The van der Waals surface area contributed by atoms with Gasteiger partial charge in [-0.15, -0.1) is 10.2 Å². The quantitative estimate of drug-likeness (QED) is 0.353. The van der Waals surface area contributed by atoms with E-state index in [0.717, 1.165) is 16.7 Å². The summed E-state index contributed by atoms with van der Waals surface area (Å²) in [6, 6.07) is 9.04. The molecule has 3 aromatic rings. The van der Waals surface area contributed by atoms with Crippen LogP contribution in [0.25, 0.3) is 11.5 Å². The molecule has 0 spiro atoms. The van der Waals surface area contributed by atoms with E-state index in [2.05, 4.69) is 16.3 Å². The van der Waals surface area contributed by atoms with E-state index in [1.807, 2.05) is 26.0 Å². The summed E-state index contributed by atoms with van der Waals surface area (Å²) < 4.78 is 16.5. The highest BCUT2D eigenvalue weighted by Gasteiger charge is 2.21. The lowest BCUT2D eigenvalue weighted by atomic mass is 10.1. The molecule has 1 aromatic heterocycles. The Balaban J connectivity index is 1.56. The number of non-ortho nitro benzene ring substituents is 1. The SMILES string of the molecule is Cc1cc(C)cc(-c2nnc(SCc3cc([N+](=O)[O-])cc4c3OCOC4)o2)c1. The van der Waals surface area contributed by atoms with Gasteiger partial charge in [-0.05, 0) is 26.0 Å². The van der Waals surface area contributed by atoms with Crippen LogP contribution >= 0.6 is 11.8 Å². The van der Waals surface area contributed by atoms with Crippen molar-refractivity contribution in [3.05, 3.63) is 62.7 Å². The summed E-state index contributed by atoms with van der Waals surface area (Å²) in [5.74, 6) is 1.47. The van der Waals surface area contributed by atoms with Gasteiger partial charge in [-0.1, -0.05) is 29.0 Å². The van der Waals surface area contributed by atoms with Gasteiger partial charge < -0.3 is 13.9 Å². The highest BCUT2D eigenvalue weighted by molar-refractivity contribution is 7.98. The van der Waals surface area contributed by atoms with Crippen LogP contribution in [0.5, 0.6) is 5.75 Å². The molecule has 0 unspecified atom stereocenters. The summed E-state index contributed by atoms with van der Waals surface area (Å²) in [4.78, 5) is 10.8. The van der Waals surface area contributed by atoms with E-state index >= 15 is 0 Å². The third-order valence-electron chi connectivity index (χ3n) is 4.21. The molecule has 144 valence electrons. The van der Waals surface area contributed by atoms with Gasteiger partial charge in [-0.3, -0.25) is 10.1 Å². The average molecular weight is 399 g/mol. The molecule has 9 heteroatoms. The monoisotopic (exact) mass is 399 g/mol. The van der Waals surface area contributed by atoms with Gasteiger partial charge in [0, 0.05) is 34.6 Å². The van der Waals surface area contributed by atoms with Gasteiger partial charge in [0.25, 0.3) is 10.9 Å². The van der Waals surface area contributed by atoms with Crippen molar-refractivity contribution in [2.75, 3.05) is 6.79 Å². The van der Waals surface area contributed by atoms with Gasteiger partial charge in [-0.25, -0.2) is 0 Å². The molecular formula is C19H17N3O5S. The molecule has 0 bridgehead atoms. The number of nitrogens with zero attached hydrogens (tertiary/aromatic N) is 3. The molecule has 28 heavy (non-hydrogen) atoms. The molecule has 0 aliphatic carbocycles. The van der Waals surface area contributed by atoms with E-state index in [9.17, 15) is 10.1 Å². The first-order valence-electron chi connectivity index (χ1n) is 8.55. The normalized spacial score (nSPS) is 13.1. The van der Waals surface area contributed by atoms with Gasteiger partial charge >= 0.3 is 0 Å². The van der Waals surface area contributed by atoms with Crippen LogP contribution < -0.4 is 4.74 Å². The Labute approximate surface area is 165 Å². The largest absolute Gasteiger partial charge is 0.467 e. The van der Waals surface area contributed by atoms with Crippen molar-refractivity contribution in [2.45, 2.75) is 31.4 Å². The van der Waals surface area contributed by atoms with Crippen LogP contribution in [0.15, 0.2) is 40.0 Å². The summed E-state index contributed by atoms with van der Waals surface area (Å²) >= 11 is 1.31. The Morgan fingerprint density at radius 2 is 1.93 bits per heavy atom. The second kappa shape index (κ2) is 7.61. The minimum absolute atomic E-state index is 0.00454. The van der Waals surface area contributed by atoms with E-state index in [1.54, 1.807) is 0 Å². The summed E-state index contributed by atoms with van der Waals surface area (Å²) in [6.45, 7) is 4.43. The number of aryl methyl sites for hydroxylation is 2. The van der Waals surface area contributed by atoms with E-state index in [1.165, 1.54) is 23.9 Å². The second-order valence-electron chi connectivity index (χ2n) is 6.50. The summed E-state index contributed by atoms with van der Waals surface area (Å²) in [6.07, 6.45) is 0. The second-order valence-corrected chi connectivity index (χ2v) is 7.43. The number of rotatable bonds is 5. The Bertz CT molecular complexity index is 1030. The predicted molar refractivity (Wildman–Crippen MR) is 102 cm³/mol. The highest BCUT2D eigenvalue weighted by Crippen LogP contribution is 2.36. The van der Waals surface area contributed by atoms with E-state index in [0.29, 0.717) is 33.7 Å². The molecule has 0 saturated heterocycles. The molecule has 0 saturated carbocycles. The minimum Gasteiger partial charge on any atom is -0.467 e. The fourth-order valence-corrected chi connectivity index (χ4v) is 3.85. The molecule has 1 aliphatic heterocycles. The number of nitro groups is 1. The van der Waals surface area contributed by atoms with Gasteiger partial charge in [-0.2, -0.15) is 0 Å². The van der Waals surface area contributed by atoms with Crippen molar-refractivity contribution in [2.24, 2.45) is 0 Å². The molecule has 0 amide bonds. The standard InChI is InChI=1S/C19H17N3O5S/c1-11-3-12(2)5-13(4-11)18-20-21-19(27-18)28-9-15-7-16(22(23)24)6-14-8-25-10-26-17(14)15/h3-7H,8-10H2,1-2H3. The fraction of sp³-hybridized carbons (Fsp3) is 0.263. The topological polar surface area (TPSA) is 101 Å². The number of benzene rings is 2. The maximum atomic E-state index is 11.2. The van der Waals surface area contributed by atoms with Gasteiger partial charge in [0.15, 0.2) is 6.79 Å². The number of fused-ring (bicyclic) bond motifs is 1. The minimum atomic E-state index is -0.423. The van der Waals surface area contributed by atoms with Crippen molar-refractivity contribution >= 4 is 17.4 Å². The zero-order valence-electron chi connectivity index (χ0n) is 15.3. The maximum absolute atomic E-state index is 11.2. The molecular weight excluding hydrogens is 382 g/mol. The Hall–Kier alpha value is -2.91. The molecule has 0 N–H and O–H groups in total. The smallest absolute Gasteiger partial charge is 0.277 e. The summed E-state index contributed by atoms with van der Waals surface area (Å²) in [5, 5.41) is 19.8. The van der Waals surface area contributed by atoms with Gasteiger partial charge in [0.05, 0.1) is 11.5 Å². The molecule has 2 heterocycles. The van der Waals surface area contributed by atoms with Crippen LogP contribution in [0.3, 0.4) is 0 Å². The first-order valence-corrected chi connectivity index (χ1v) is 9.54. The van der Waals surface area contributed by atoms with Gasteiger partial charge in [0.1, 0.15) is 5.75 Å². The first-order chi connectivity index (χ1) is 13.5. The molecule has 0 fully saturated rings. The van der Waals surface area contributed by atoms with Crippen molar-refractivity contribution in [1.29, 1.82) is 0 Å². The van der Waals surface area contributed by atoms with Crippen LogP contribution in [0.4, 0.5) is 5.69 Å². The Morgan fingerprint density at radius 3 is 2.68 bits per heavy atom. The number of nitro benzene ring substituents is 1. The predicted octanol–water partition coefficient (Wildman–Crippen LogP) is 4.42. The number of hydrogen-bond donors (Lipinski definition) is 0. The van der Waals surface area contributed by atoms with E-state index in [-0.39, 0.29) is 19.1 Å². The lowest BCUT2D eigenvalue weighted by molar-refractivity contribution is -0.385. The molecule has 0 radical (unpaired) electrons. The lowest BCUT2D eigenvalue weighted by Crippen LogP contribution is -2.13. The molecule has 8 nitrogen and oxygen atoms in total.